The van der Waals surface area contributed by atoms with E-state index >= 15 is 0 Å². The van der Waals surface area contributed by atoms with Gasteiger partial charge in [0.15, 0.2) is 5.60 Å². The highest BCUT2D eigenvalue weighted by atomic mass is 16.6. The third-order valence-electron chi connectivity index (χ3n) is 3.10. The Balaban J connectivity index is 4.14. The molecule has 0 fully saturated rings. The lowest BCUT2D eigenvalue weighted by Gasteiger charge is -2.28. The second-order valence-electron chi connectivity index (χ2n) is 6.84. The first kappa shape index (κ1) is 23.3. The van der Waals surface area contributed by atoms with Crippen LogP contribution in [0.15, 0.2) is 0 Å². The van der Waals surface area contributed by atoms with Gasteiger partial charge in [-0.3, -0.25) is 0 Å². The van der Waals surface area contributed by atoms with Gasteiger partial charge in [0, 0.05) is 6.61 Å². The van der Waals surface area contributed by atoms with Crippen LogP contribution in [0.4, 0.5) is 0 Å². The number of esters is 1. The number of ether oxygens (including phenoxy) is 5. The van der Waals surface area contributed by atoms with Crippen LogP contribution in [-0.2, 0) is 28.5 Å². The van der Waals surface area contributed by atoms with E-state index in [2.05, 4.69) is 0 Å². The molecular formula is C18H36O6. The van der Waals surface area contributed by atoms with E-state index in [1.807, 2.05) is 41.5 Å². The van der Waals surface area contributed by atoms with Gasteiger partial charge in [-0.2, -0.15) is 0 Å². The third-order valence-corrected chi connectivity index (χ3v) is 3.10. The first-order chi connectivity index (χ1) is 11.1. The molecule has 6 nitrogen and oxygen atoms in total. The predicted octanol–water partition coefficient (Wildman–Crippen LogP) is 2.97. The standard InChI is InChI=1S/C18H36O6/c1-9-21-14(4)10-20-11-16(6)24-18(7,8)17(19)22-12-15(5)23-13(2)3/h13-16H,9-12H2,1-8H3. The van der Waals surface area contributed by atoms with E-state index in [0.717, 1.165) is 0 Å². The van der Waals surface area contributed by atoms with Gasteiger partial charge in [-0.05, 0) is 55.4 Å². The van der Waals surface area contributed by atoms with Crippen LogP contribution < -0.4 is 0 Å². The molecule has 0 amide bonds. The molecule has 0 saturated carbocycles. The Morgan fingerprint density at radius 1 is 0.917 bits per heavy atom. The molecule has 0 heterocycles. The molecule has 3 atom stereocenters. The summed E-state index contributed by atoms with van der Waals surface area (Å²) in [6, 6.07) is 0. The third kappa shape index (κ3) is 11.0. The molecule has 0 rings (SSSR count). The van der Waals surface area contributed by atoms with E-state index in [1.165, 1.54) is 0 Å². The van der Waals surface area contributed by atoms with Crippen molar-refractivity contribution in [2.45, 2.75) is 85.4 Å². The lowest BCUT2D eigenvalue weighted by Crippen LogP contribution is -2.41. The second-order valence-corrected chi connectivity index (χ2v) is 6.84. The van der Waals surface area contributed by atoms with Gasteiger partial charge < -0.3 is 23.7 Å². The zero-order valence-electron chi connectivity index (χ0n) is 16.6. The van der Waals surface area contributed by atoms with Crippen LogP contribution in [-0.4, -0.2) is 62.4 Å². The first-order valence-electron chi connectivity index (χ1n) is 8.78. The monoisotopic (exact) mass is 348 g/mol. The summed E-state index contributed by atoms with van der Waals surface area (Å²) in [6.45, 7) is 16.7. The molecule has 144 valence electrons. The van der Waals surface area contributed by atoms with Crippen LogP contribution in [0.2, 0.25) is 0 Å². The van der Waals surface area contributed by atoms with Gasteiger partial charge in [0.25, 0.3) is 0 Å². The van der Waals surface area contributed by atoms with Crippen molar-refractivity contribution < 1.29 is 28.5 Å². The van der Waals surface area contributed by atoms with Gasteiger partial charge in [0.2, 0.25) is 0 Å². The van der Waals surface area contributed by atoms with Crippen LogP contribution in [0.5, 0.6) is 0 Å². The molecule has 6 heteroatoms. The number of carbonyl (C=O) groups excluding carboxylic acids is 1. The van der Waals surface area contributed by atoms with Crippen molar-refractivity contribution in [3.05, 3.63) is 0 Å². The van der Waals surface area contributed by atoms with Crippen LogP contribution in [0.1, 0.15) is 55.4 Å². The molecular weight excluding hydrogens is 312 g/mol. The van der Waals surface area contributed by atoms with E-state index in [4.69, 9.17) is 23.7 Å². The molecule has 0 N–H and O–H groups in total. The van der Waals surface area contributed by atoms with Crippen molar-refractivity contribution in [2.24, 2.45) is 0 Å². The topological polar surface area (TPSA) is 63.2 Å². The number of rotatable bonds is 13. The van der Waals surface area contributed by atoms with E-state index in [9.17, 15) is 4.79 Å². The van der Waals surface area contributed by atoms with E-state index in [-0.39, 0.29) is 31.0 Å². The molecule has 0 aromatic rings. The Bertz CT molecular complexity index is 342. The fraction of sp³-hybridized carbons (Fsp3) is 0.944. The van der Waals surface area contributed by atoms with Gasteiger partial charge in [-0.25, -0.2) is 4.79 Å². The molecule has 3 unspecified atom stereocenters. The predicted molar refractivity (Wildman–Crippen MR) is 93.2 cm³/mol. The zero-order valence-corrected chi connectivity index (χ0v) is 16.6. The van der Waals surface area contributed by atoms with Crippen molar-refractivity contribution in [3.8, 4) is 0 Å². The maximum absolute atomic E-state index is 12.2. The fourth-order valence-corrected chi connectivity index (χ4v) is 2.19. The van der Waals surface area contributed by atoms with Crippen molar-refractivity contribution in [3.63, 3.8) is 0 Å². The smallest absolute Gasteiger partial charge is 0.337 e. The summed E-state index contributed by atoms with van der Waals surface area (Å²) in [5.41, 5.74) is -1.04. The van der Waals surface area contributed by atoms with Crippen molar-refractivity contribution in [1.29, 1.82) is 0 Å². The highest BCUT2D eigenvalue weighted by Gasteiger charge is 2.32. The molecule has 0 aliphatic rings. The van der Waals surface area contributed by atoms with Gasteiger partial charge in [0.1, 0.15) is 6.61 Å². The summed E-state index contributed by atoms with van der Waals surface area (Å²) in [7, 11) is 0. The molecule has 24 heavy (non-hydrogen) atoms. The number of hydrogen-bond acceptors (Lipinski definition) is 6. The maximum Gasteiger partial charge on any atom is 0.337 e. The molecule has 0 aliphatic carbocycles. The zero-order chi connectivity index (χ0) is 18.8. The average molecular weight is 348 g/mol. The maximum atomic E-state index is 12.2. The summed E-state index contributed by atoms with van der Waals surface area (Å²) >= 11 is 0. The highest BCUT2D eigenvalue weighted by Crippen LogP contribution is 2.15. The Kier molecular flexibility index (Phi) is 11.5. The summed E-state index contributed by atoms with van der Waals surface area (Å²) in [5.74, 6) is -0.406. The lowest BCUT2D eigenvalue weighted by atomic mass is 10.1. The molecule has 0 spiro atoms. The highest BCUT2D eigenvalue weighted by molar-refractivity contribution is 5.78. The Hall–Kier alpha value is -0.690. The van der Waals surface area contributed by atoms with Crippen LogP contribution in [0.3, 0.4) is 0 Å². The minimum Gasteiger partial charge on any atom is -0.461 e. The summed E-state index contributed by atoms with van der Waals surface area (Å²) in [6.07, 6.45) is -0.238. The SMILES string of the molecule is CCOC(C)COCC(C)OC(C)(C)C(=O)OCC(C)OC(C)C. The molecule has 0 bridgehead atoms. The van der Waals surface area contributed by atoms with Gasteiger partial charge in [-0.15, -0.1) is 0 Å². The normalized spacial score (nSPS) is 16.0. The summed E-state index contributed by atoms with van der Waals surface area (Å²) in [4.78, 5) is 12.2. The Morgan fingerprint density at radius 2 is 1.50 bits per heavy atom. The number of hydrogen-bond donors (Lipinski definition) is 0. The molecule has 0 aromatic carbocycles. The quantitative estimate of drug-likeness (QED) is 0.477. The summed E-state index contributed by atoms with van der Waals surface area (Å²) < 4.78 is 27.6. The summed E-state index contributed by atoms with van der Waals surface area (Å²) in [5, 5.41) is 0. The largest absolute Gasteiger partial charge is 0.461 e. The fourth-order valence-electron chi connectivity index (χ4n) is 2.19. The second kappa shape index (κ2) is 11.8. The molecule has 0 aliphatic heterocycles. The molecule has 0 saturated heterocycles. The van der Waals surface area contributed by atoms with Crippen LogP contribution in [0, 0.1) is 0 Å². The minimum atomic E-state index is -1.04. The Labute approximate surface area is 147 Å². The van der Waals surface area contributed by atoms with Crippen molar-refractivity contribution in [1.82, 2.24) is 0 Å². The van der Waals surface area contributed by atoms with Gasteiger partial charge in [0.05, 0.1) is 37.6 Å². The van der Waals surface area contributed by atoms with E-state index in [0.29, 0.717) is 19.8 Å². The van der Waals surface area contributed by atoms with E-state index in [1.54, 1.807) is 13.8 Å². The first-order valence-corrected chi connectivity index (χ1v) is 8.78. The molecule has 0 radical (unpaired) electrons. The molecule has 0 aromatic heterocycles. The van der Waals surface area contributed by atoms with Crippen LogP contribution in [0.25, 0.3) is 0 Å². The van der Waals surface area contributed by atoms with Gasteiger partial charge >= 0.3 is 5.97 Å². The van der Waals surface area contributed by atoms with Gasteiger partial charge in [-0.1, -0.05) is 0 Å². The number of carbonyl (C=O) groups is 1. The Morgan fingerprint density at radius 3 is 2.04 bits per heavy atom. The van der Waals surface area contributed by atoms with Crippen LogP contribution >= 0.6 is 0 Å². The van der Waals surface area contributed by atoms with E-state index < -0.39 is 11.6 Å². The average Bonchev–Trinajstić information content (AvgIpc) is 2.43. The lowest BCUT2D eigenvalue weighted by molar-refractivity contribution is -0.181. The van der Waals surface area contributed by atoms with Crippen molar-refractivity contribution >= 4 is 5.97 Å². The van der Waals surface area contributed by atoms with Crippen molar-refractivity contribution in [2.75, 3.05) is 26.4 Å². The minimum absolute atomic E-state index is 0.0441.